The maximum atomic E-state index is 11.1. The maximum absolute atomic E-state index is 11.1. The second kappa shape index (κ2) is 3.40. The van der Waals surface area contributed by atoms with E-state index in [0.29, 0.717) is 13.2 Å². The molecule has 0 unspecified atom stereocenters. The molecule has 2 rings (SSSR count). The maximum Gasteiger partial charge on any atom is 0.173 e. The second-order valence-corrected chi connectivity index (χ2v) is 5.30. The van der Waals surface area contributed by atoms with Crippen LogP contribution in [0.25, 0.3) is 0 Å². The molecule has 1 atom stereocenters. The average molecular weight is 203 g/mol. The van der Waals surface area contributed by atoms with Gasteiger partial charge in [0.05, 0.1) is 19.0 Å². The van der Waals surface area contributed by atoms with Gasteiger partial charge in [-0.1, -0.05) is 6.08 Å². The molecular formula is C8H13NO3S. The molecule has 0 spiro atoms. The van der Waals surface area contributed by atoms with Gasteiger partial charge in [0, 0.05) is 24.5 Å². The smallest absolute Gasteiger partial charge is 0.173 e. The van der Waals surface area contributed by atoms with Gasteiger partial charge < -0.3 is 4.74 Å². The molecule has 0 amide bonds. The van der Waals surface area contributed by atoms with Crippen LogP contribution in [0, 0.1) is 0 Å². The van der Waals surface area contributed by atoms with E-state index >= 15 is 0 Å². The lowest BCUT2D eigenvalue weighted by Crippen LogP contribution is -2.43. The Bertz CT molecular complexity index is 303. The first-order chi connectivity index (χ1) is 6.17. The van der Waals surface area contributed by atoms with Crippen LogP contribution in [-0.4, -0.2) is 51.4 Å². The van der Waals surface area contributed by atoms with E-state index in [9.17, 15) is 8.42 Å². The lowest BCUT2D eigenvalue weighted by Gasteiger charge is -2.30. The fourth-order valence-corrected chi connectivity index (χ4v) is 3.03. The second-order valence-electron chi connectivity index (χ2n) is 3.37. The van der Waals surface area contributed by atoms with Gasteiger partial charge in [-0.3, -0.25) is 4.90 Å². The highest BCUT2D eigenvalue weighted by molar-refractivity contribution is 7.94. The number of hydrogen-bond donors (Lipinski definition) is 0. The fraction of sp³-hybridized carbons (Fsp3) is 0.750. The Balaban J connectivity index is 1.99. The molecule has 0 aromatic heterocycles. The fourth-order valence-electron chi connectivity index (χ4n) is 1.70. The van der Waals surface area contributed by atoms with Gasteiger partial charge >= 0.3 is 0 Å². The lowest BCUT2D eigenvalue weighted by atomic mass is 10.2. The molecule has 0 aromatic carbocycles. The SMILES string of the molecule is O=S1(=O)C=C[C@H](N2CCOCC2)C1. The summed E-state index contributed by atoms with van der Waals surface area (Å²) in [5.74, 6) is 0.243. The number of ether oxygens (including phenoxy) is 1. The molecule has 0 radical (unpaired) electrons. The van der Waals surface area contributed by atoms with Crippen molar-refractivity contribution in [1.29, 1.82) is 0 Å². The summed E-state index contributed by atoms with van der Waals surface area (Å²) in [6.45, 7) is 3.10. The predicted octanol–water partition coefficient (Wildman–Crippen LogP) is -0.371. The van der Waals surface area contributed by atoms with Crippen molar-refractivity contribution < 1.29 is 13.2 Å². The Hall–Kier alpha value is -0.390. The van der Waals surface area contributed by atoms with Crippen LogP contribution in [0.1, 0.15) is 0 Å². The molecule has 1 saturated heterocycles. The van der Waals surface area contributed by atoms with E-state index in [1.807, 2.05) is 0 Å². The summed E-state index contributed by atoms with van der Waals surface area (Å²) in [6.07, 6.45) is 1.78. The van der Waals surface area contributed by atoms with Crippen LogP contribution in [0.3, 0.4) is 0 Å². The molecule has 0 aliphatic carbocycles. The minimum Gasteiger partial charge on any atom is -0.379 e. The van der Waals surface area contributed by atoms with Crippen molar-refractivity contribution in [2.45, 2.75) is 6.04 Å². The first-order valence-corrected chi connectivity index (χ1v) is 6.12. The molecule has 5 heteroatoms. The Labute approximate surface area is 78.1 Å². The van der Waals surface area contributed by atoms with Crippen molar-refractivity contribution in [1.82, 2.24) is 4.90 Å². The molecule has 13 heavy (non-hydrogen) atoms. The molecule has 1 fully saturated rings. The molecular weight excluding hydrogens is 190 g/mol. The number of sulfone groups is 1. The molecule has 2 aliphatic heterocycles. The van der Waals surface area contributed by atoms with Gasteiger partial charge in [-0.25, -0.2) is 8.42 Å². The van der Waals surface area contributed by atoms with Crippen molar-refractivity contribution in [2.24, 2.45) is 0 Å². The average Bonchev–Trinajstić information content (AvgIpc) is 2.48. The third kappa shape index (κ3) is 2.10. The van der Waals surface area contributed by atoms with E-state index in [1.54, 1.807) is 6.08 Å². The van der Waals surface area contributed by atoms with Crippen molar-refractivity contribution in [3.8, 4) is 0 Å². The monoisotopic (exact) mass is 203 g/mol. The van der Waals surface area contributed by atoms with Crippen LogP contribution in [-0.2, 0) is 14.6 Å². The molecule has 74 valence electrons. The summed E-state index contributed by atoms with van der Waals surface area (Å²) >= 11 is 0. The Kier molecular flexibility index (Phi) is 2.40. The van der Waals surface area contributed by atoms with Gasteiger partial charge in [0.15, 0.2) is 9.84 Å². The zero-order valence-electron chi connectivity index (χ0n) is 7.35. The van der Waals surface area contributed by atoms with E-state index in [2.05, 4.69) is 4.90 Å². The summed E-state index contributed by atoms with van der Waals surface area (Å²) in [5.41, 5.74) is 0. The van der Waals surface area contributed by atoms with E-state index in [0.717, 1.165) is 13.1 Å². The summed E-state index contributed by atoms with van der Waals surface area (Å²) in [7, 11) is -2.91. The quantitative estimate of drug-likeness (QED) is 0.583. The van der Waals surface area contributed by atoms with Crippen LogP contribution < -0.4 is 0 Å². The predicted molar refractivity (Wildman–Crippen MR) is 49.1 cm³/mol. The zero-order valence-corrected chi connectivity index (χ0v) is 8.16. The van der Waals surface area contributed by atoms with Crippen molar-refractivity contribution in [2.75, 3.05) is 32.1 Å². The van der Waals surface area contributed by atoms with Gasteiger partial charge in [-0.05, 0) is 0 Å². The molecule has 0 aromatic rings. The van der Waals surface area contributed by atoms with E-state index in [1.165, 1.54) is 5.41 Å². The highest BCUT2D eigenvalue weighted by atomic mass is 32.2. The van der Waals surface area contributed by atoms with Gasteiger partial charge in [0.2, 0.25) is 0 Å². The molecule has 0 bridgehead atoms. The molecule has 0 saturated carbocycles. The third-order valence-electron chi connectivity index (χ3n) is 2.43. The van der Waals surface area contributed by atoms with Crippen molar-refractivity contribution in [3.63, 3.8) is 0 Å². The Morgan fingerprint density at radius 3 is 2.54 bits per heavy atom. The van der Waals surface area contributed by atoms with Gasteiger partial charge in [-0.15, -0.1) is 0 Å². The van der Waals surface area contributed by atoms with Crippen LogP contribution in [0.2, 0.25) is 0 Å². The summed E-state index contributed by atoms with van der Waals surface area (Å²) in [5, 5.41) is 1.33. The van der Waals surface area contributed by atoms with Gasteiger partial charge in [0.1, 0.15) is 0 Å². The first-order valence-electron chi connectivity index (χ1n) is 4.40. The number of nitrogens with zero attached hydrogens (tertiary/aromatic N) is 1. The molecule has 2 aliphatic rings. The minimum atomic E-state index is -2.91. The third-order valence-corrected chi connectivity index (χ3v) is 3.80. The van der Waals surface area contributed by atoms with E-state index in [-0.39, 0.29) is 11.8 Å². The van der Waals surface area contributed by atoms with Crippen molar-refractivity contribution in [3.05, 3.63) is 11.5 Å². The number of morpholine rings is 1. The van der Waals surface area contributed by atoms with Gasteiger partial charge in [0.25, 0.3) is 0 Å². The largest absolute Gasteiger partial charge is 0.379 e. The van der Waals surface area contributed by atoms with E-state index < -0.39 is 9.84 Å². The molecule has 2 heterocycles. The lowest BCUT2D eigenvalue weighted by molar-refractivity contribution is 0.0296. The number of rotatable bonds is 1. The highest BCUT2D eigenvalue weighted by Gasteiger charge is 2.27. The van der Waals surface area contributed by atoms with Crippen LogP contribution in [0.5, 0.6) is 0 Å². The standard InChI is InChI=1S/C8H13NO3S/c10-13(11)6-1-8(7-13)9-2-4-12-5-3-9/h1,6,8H,2-5,7H2/t8-/m0/s1. The van der Waals surface area contributed by atoms with Crippen LogP contribution >= 0.6 is 0 Å². The highest BCUT2D eigenvalue weighted by Crippen LogP contribution is 2.15. The molecule has 4 nitrogen and oxygen atoms in total. The molecule has 0 N–H and O–H groups in total. The first kappa shape index (κ1) is 9.18. The summed E-state index contributed by atoms with van der Waals surface area (Å²) in [6, 6.07) is 0.0777. The Morgan fingerprint density at radius 1 is 1.31 bits per heavy atom. The van der Waals surface area contributed by atoms with Crippen LogP contribution in [0.4, 0.5) is 0 Å². The summed E-state index contributed by atoms with van der Waals surface area (Å²) < 4.78 is 27.5. The number of hydrogen-bond acceptors (Lipinski definition) is 4. The minimum absolute atomic E-state index is 0.0777. The normalized spacial score (nSPS) is 33.7. The Morgan fingerprint density at radius 2 is 2.00 bits per heavy atom. The van der Waals surface area contributed by atoms with Gasteiger partial charge in [-0.2, -0.15) is 0 Å². The van der Waals surface area contributed by atoms with Crippen LogP contribution in [0.15, 0.2) is 11.5 Å². The zero-order chi connectivity index (χ0) is 9.31. The topological polar surface area (TPSA) is 46.6 Å². The summed E-state index contributed by atoms with van der Waals surface area (Å²) in [4.78, 5) is 2.16. The van der Waals surface area contributed by atoms with Crippen molar-refractivity contribution >= 4 is 9.84 Å². The van der Waals surface area contributed by atoms with E-state index in [4.69, 9.17) is 4.74 Å².